The Morgan fingerprint density at radius 2 is 1.06 bits per heavy atom. The highest BCUT2D eigenvalue weighted by Gasteiger charge is 2.31. The Morgan fingerprint density at radius 1 is 0.587 bits per heavy atom. The van der Waals surface area contributed by atoms with E-state index < -0.39 is 64.9 Å². The number of rotatable bonds is 22. The molecule has 0 spiro atoms. The van der Waals surface area contributed by atoms with Crippen molar-refractivity contribution in [2.24, 2.45) is 0 Å². The second kappa shape index (κ2) is 23.2. The van der Waals surface area contributed by atoms with Crippen LogP contribution in [0.2, 0.25) is 0 Å². The molecule has 334 valence electrons. The van der Waals surface area contributed by atoms with Crippen molar-refractivity contribution >= 4 is 17.8 Å². The molecule has 3 atom stereocenters. The van der Waals surface area contributed by atoms with E-state index in [4.69, 9.17) is 18.9 Å². The molecule has 11 nitrogen and oxygen atoms in total. The van der Waals surface area contributed by atoms with Gasteiger partial charge in [-0.15, -0.1) is 0 Å². The molecule has 0 aliphatic rings. The summed E-state index contributed by atoms with van der Waals surface area (Å²) in [5, 5.41) is 11.6. The average molecular weight is 877 g/mol. The number of hydrogen-bond acceptors (Lipinski definition) is 10. The standard InChI is InChI=1S/C47H49F5N4O7/c1-53-21-11-16-34(54-2)45(57)56-36(46(58)60-4)25-33-23-31(18-20-38(33)62-27-29-14-9-6-10-15-29)30-17-19-37(61-26-28-12-7-5-8-13-28)32(22-30)24-35(55-3)47(59)63-44-42(51)40(49)39(48)41(50)43(44)52/h5-10,12-15,17-20,22-23,34-36,53-55H,11,16,21,24-27H2,1-4H3,(H,56,57)/t34?,35-,36-/m0/s1. The molecule has 0 saturated heterocycles. The van der Waals surface area contributed by atoms with Crippen LogP contribution < -0.4 is 35.5 Å². The highest BCUT2D eigenvalue weighted by molar-refractivity contribution is 5.88. The summed E-state index contributed by atoms with van der Waals surface area (Å²) in [6.07, 6.45) is 0.955. The molecule has 0 fully saturated rings. The van der Waals surface area contributed by atoms with Gasteiger partial charge in [0.05, 0.1) is 13.2 Å². The van der Waals surface area contributed by atoms with Crippen LogP contribution in [-0.2, 0) is 45.2 Å². The molecule has 0 bridgehead atoms. The van der Waals surface area contributed by atoms with Crippen molar-refractivity contribution < 1.29 is 55.3 Å². The Bertz CT molecular complexity index is 2310. The molecule has 5 rings (SSSR count). The molecule has 0 aliphatic carbocycles. The fraction of sp³-hybridized carbons (Fsp3) is 0.298. The van der Waals surface area contributed by atoms with Crippen molar-refractivity contribution in [3.05, 3.63) is 148 Å². The first kappa shape index (κ1) is 47.7. The van der Waals surface area contributed by atoms with Gasteiger partial charge in [-0.3, -0.25) is 4.79 Å². The van der Waals surface area contributed by atoms with Crippen LogP contribution in [0, 0.1) is 29.1 Å². The molecule has 5 aromatic rings. The maximum absolute atomic E-state index is 14.5. The lowest BCUT2D eigenvalue weighted by molar-refractivity contribution is -0.145. The molecule has 63 heavy (non-hydrogen) atoms. The number of amides is 1. The predicted octanol–water partition coefficient (Wildman–Crippen LogP) is 6.73. The number of carbonyl (C=O) groups excluding carboxylic acids is 3. The Labute approximate surface area is 362 Å². The number of hydrogen-bond donors (Lipinski definition) is 4. The minimum absolute atomic E-state index is 0.0280. The van der Waals surface area contributed by atoms with E-state index in [9.17, 15) is 36.3 Å². The zero-order chi connectivity index (χ0) is 45.5. The number of halogens is 5. The summed E-state index contributed by atoms with van der Waals surface area (Å²) < 4.78 is 93.2. The van der Waals surface area contributed by atoms with Gasteiger partial charge in [0.25, 0.3) is 0 Å². The van der Waals surface area contributed by atoms with Crippen molar-refractivity contribution in [2.75, 3.05) is 34.8 Å². The van der Waals surface area contributed by atoms with Crippen LogP contribution in [0.4, 0.5) is 22.0 Å². The van der Waals surface area contributed by atoms with Crippen molar-refractivity contribution in [1.82, 2.24) is 21.3 Å². The van der Waals surface area contributed by atoms with Crippen LogP contribution in [0.5, 0.6) is 17.2 Å². The second-order valence-electron chi connectivity index (χ2n) is 14.4. The molecular formula is C47H49F5N4O7. The van der Waals surface area contributed by atoms with Crippen LogP contribution in [0.25, 0.3) is 11.1 Å². The second-order valence-corrected chi connectivity index (χ2v) is 14.4. The third-order valence-electron chi connectivity index (χ3n) is 10.2. The fourth-order valence-corrected chi connectivity index (χ4v) is 6.68. The van der Waals surface area contributed by atoms with Gasteiger partial charge in [0.1, 0.15) is 36.8 Å². The zero-order valence-corrected chi connectivity index (χ0v) is 35.2. The molecular weight excluding hydrogens is 828 g/mol. The third kappa shape index (κ3) is 12.6. The van der Waals surface area contributed by atoms with E-state index in [1.165, 1.54) is 14.2 Å². The summed E-state index contributed by atoms with van der Waals surface area (Å²) in [7, 11) is 6.07. The number of carbonyl (C=O) groups is 3. The molecule has 1 amide bonds. The molecule has 0 aromatic heterocycles. The lowest BCUT2D eigenvalue weighted by Crippen LogP contribution is -2.50. The first-order valence-corrected chi connectivity index (χ1v) is 20.1. The largest absolute Gasteiger partial charge is 0.489 e. The predicted molar refractivity (Wildman–Crippen MR) is 226 cm³/mol. The van der Waals surface area contributed by atoms with Crippen molar-refractivity contribution in [3.8, 4) is 28.4 Å². The van der Waals surface area contributed by atoms with Gasteiger partial charge in [0, 0.05) is 12.8 Å². The quantitative estimate of drug-likeness (QED) is 0.0148. The van der Waals surface area contributed by atoms with E-state index in [-0.39, 0.29) is 32.0 Å². The van der Waals surface area contributed by atoms with E-state index in [1.54, 1.807) is 43.4 Å². The van der Waals surface area contributed by atoms with Crippen molar-refractivity contribution in [3.63, 3.8) is 0 Å². The van der Waals surface area contributed by atoms with E-state index in [1.807, 2.05) is 67.7 Å². The maximum Gasteiger partial charge on any atom is 0.329 e. The molecule has 0 saturated carbocycles. The zero-order valence-electron chi connectivity index (χ0n) is 35.2. The van der Waals surface area contributed by atoms with E-state index in [0.717, 1.165) is 11.1 Å². The van der Waals surface area contributed by atoms with Gasteiger partial charge in [-0.2, -0.15) is 8.78 Å². The number of esters is 2. The number of nitrogens with one attached hydrogen (secondary N) is 4. The Balaban J connectivity index is 1.52. The summed E-state index contributed by atoms with van der Waals surface area (Å²) >= 11 is 0. The molecule has 16 heteroatoms. The Kier molecular flexibility index (Phi) is 17.6. The molecule has 5 aromatic carbocycles. The lowest BCUT2D eigenvalue weighted by atomic mass is 9.95. The third-order valence-corrected chi connectivity index (χ3v) is 10.2. The van der Waals surface area contributed by atoms with Crippen LogP contribution in [0.1, 0.15) is 35.1 Å². The van der Waals surface area contributed by atoms with Crippen LogP contribution in [0.3, 0.4) is 0 Å². The average Bonchev–Trinajstić information content (AvgIpc) is 3.31. The first-order valence-electron chi connectivity index (χ1n) is 20.1. The summed E-state index contributed by atoms with van der Waals surface area (Å²) in [6, 6.07) is 26.0. The minimum atomic E-state index is -2.39. The van der Waals surface area contributed by atoms with Gasteiger partial charge in [0.15, 0.2) is 0 Å². The number of likely N-dealkylation sites (N-methyl/N-ethyl adjacent to an activating group) is 2. The summed E-state index contributed by atoms with van der Waals surface area (Å²) in [4.78, 5) is 40.1. The summed E-state index contributed by atoms with van der Waals surface area (Å²) in [5.74, 6) is -14.9. The fourth-order valence-electron chi connectivity index (χ4n) is 6.68. The maximum atomic E-state index is 14.5. The molecule has 4 N–H and O–H groups in total. The number of benzene rings is 5. The minimum Gasteiger partial charge on any atom is -0.489 e. The highest BCUT2D eigenvalue weighted by atomic mass is 19.2. The molecule has 0 aliphatic heterocycles. The van der Waals surface area contributed by atoms with Gasteiger partial charge in [0.2, 0.25) is 40.7 Å². The van der Waals surface area contributed by atoms with Crippen LogP contribution >= 0.6 is 0 Å². The molecule has 1 unspecified atom stereocenters. The number of ether oxygens (including phenoxy) is 4. The molecule has 0 heterocycles. The van der Waals surface area contributed by atoms with Gasteiger partial charge in [-0.1, -0.05) is 72.8 Å². The SMILES string of the molecule is CNCCCC(NC)C(=O)N[C@@H](Cc1cc(-c2ccc(OCc3ccccc3)c(C[C@H](NC)C(=O)Oc3c(F)c(F)c(F)c(F)c3F)c2)ccc1OCc1ccccc1)C(=O)OC. The van der Waals surface area contributed by atoms with Crippen LogP contribution in [0.15, 0.2) is 97.1 Å². The lowest BCUT2D eigenvalue weighted by Gasteiger charge is -2.23. The van der Waals surface area contributed by atoms with E-state index in [2.05, 4.69) is 21.3 Å². The Hall–Kier alpha value is -6.36. The van der Waals surface area contributed by atoms with Crippen molar-refractivity contribution in [2.45, 2.75) is 57.0 Å². The smallest absolute Gasteiger partial charge is 0.329 e. The van der Waals surface area contributed by atoms with Crippen LogP contribution in [-0.4, -0.2) is 70.8 Å². The first-order chi connectivity index (χ1) is 30.4. The molecule has 0 radical (unpaired) electrons. The highest BCUT2D eigenvalue weighted by Crippen LogP contribution is 2.34. The topological polar surface area (TPSA) is 136 Å². The Morgan fingerprint density at radius 3 is 1.52 bits per heavy atom. The van der Waals surface area contributed by atoms with Gasteiger partial charge >= 0.3 is 11.9 Å². The number of methoxy groups -OCH3 is 1. The van der Waals surface area contributed by atoms with Gasteiger partial charge in [-0.05, 0) is 98.2 Å². The van der Waals surface area contributed by atoms with E-state index >= 15 is 0 Å². The van der Waals surface area contributed by atoms with Gasteiger partial charge < -0.3 is 40.2 Å². The summed E-state index contributed by atoms with van der Waals surface area (Å²) in [5.41, 5.74) is 3.87. The monoisotopic (exact) mass is 876 g/mol. The van der Waals surface area contributed by atoms with E-state index in [0.29, 0.717) is 53.1 Å². The summed E-state index contributed by atoms with van der Waals surface area (Å²) in [6.45, 7) is 1.01. The normalized spacial score (nSPS) is 12.5. The van der Waals surface area contributed by atoms with Gasteiger partial charge in [-0.25, -0.2) is 22.8 Å². The van der Waals surface area contributed by atoms with Crippen molar-refractivity contribution in [1.29, 1.82) is 0 Å².